The number of amides is 1. The van der Waals surface area contributed by atoms with Gasteiger partial charge in [0.05, 0.1) is 4.92 Å². The summed E-state index contributed by atoms with van der Waals surface area (Å²) in [6.45, 7) is 5.13. The summed E-state index contributed by atoms with van der Waals surface area (Å²) < 4.78 is 0. The van der Waals surface area contributed by atoms with Crippen LogP contribution in [0.2, 0.25) is 0 Å². The Hall–Kier alpha value is -2.15. The second-order valence-electron chi connectivity index (χ2n) is 3.61. The number of rotatable bonds is 5. The normalized spacial score (nSPS) is 9.94. The zero-order valence-corrected chi connectivity index (χ0v) is 10.3. The Bertz CT molecular complexity index is 458. The van der Waals surface area contributed by atoms with E-state index >= 15 is 0 Å². The van der Waals surface area contributed by atoms with Crippen molar-refractivity contribution >= 4 is 17.3 Å². The quantitative estimate of drug-likeness (QED) is 0.353. The van der Waals surface area contributed by atoms with Gasteiger partial charge in [-0.1, -0.05) is 0 Å². The van der Waals surface area contributed by atoms with Crippen LogP contribution in [0, 0.1) is 10.1 Å². The molecular formula is C11H16N4O3. The van der Waals surface area contributed by atoms with E-state index in [1.165, 1.54) is 12.1 Å². The molecule has 7 nitrogen and oxygen atoms in total. The van der Waals surface area contributed by atoms with Gasteiger partial charge in [0.1, 0.15) is 5.69 Å². The number of hydrogen-bond donors (Lipinski definition) is 2. The second kappa shape index (κ2) is 5.97. The minimum atomic E-state index is -0.552. The van der Waals surface area contributed by atoms with Gasteiger partial charge in [-0.3, -0.25) is 20.3 Å². The summed E-state index contributed by atoms with van der Waals surface area (Å²) in [5.41, 5.74) is 2.52. The van der Waals surface area contributed by atoms with Crippen molar-refractivity contribution in [3.63, 3.8) is 0 Å². The van der Waals surface area contributed by atoms with Gasteiger partial charge in [-0.05, 0) is 26.0 Å². The van der Waals surface area contributed by atoms with Gasteiger partial charge in [0.2, 0.25) is 0 Å². The SMILES string of the molecule is CCN(CC)c1ccc(C(=O)NN)cc1[N+](=O)[O-]. The van der Waals surface area contributed by atoms with Crippen molar-refractivity contribution in [2.45, 2.75) is 13.8 Å². The number of anilines is 1. The van der Waals surface area contributed by atoms with Crippen molar-refractivity contribution in [1.82, 2.24) is 5.43 Å². The molecule has 0 saturated carbocycles. The maximum Gasteiger partial charge on any atom is 0.293 e. The van der Waals surface area contributed by atoms with E-state index in [2.05, 4.69) is 0 Å². The van der Waals surface area contributed by atoms with Crippen molar-refractivity contribution in [2.75, 3.05) is 18.0 Å². The number of nitrogens with one attached hydrogen (secondary N) is 1. The van der Waals surface area contributed by atoms with Crippen LogP contribution in [-0.2, 0) is 0 Å². The minimum absolute atomic E-state index is 0.0974. The lowest BCUT2D eigenvalue weighted by molar-refractivity contribution is -0.384. The zero-order valence-electron chi connectivity index (χ0n) is 10.3. The molecule has 0 aliphatic heterocycles. The first-order valence-corrected chi connectivity index (χ1v) is 5.59. The van der Waals surface area contributed by atoms with Crippen LogP contribution in [0.25, 0.3) is 0 Å². The number of carbonyl (C=O) groups excluding carboxylic acids is 1. The van der Waals surface area contributed by atoms with Crippen molar-refractivity contribution < 1.29 is 9.72 Å². The van der Waals surface area contributed by atoms with Crippen LogP contribution in [0.4, 0.5) is 11.4 Å². The van der Waals surface area contributed by atoms with Crippen LogP contribution in [0.1, 0.15) is 24.2 Å². The van der Waals surface area contributed by atoms with E-state index < -0.39 is 10.8 Å². The average Bonchev–Trinajstić information content (AvgIpc) is 2.39. The Balaban J connectivity index is 3.28. The lowest BCUT2D eigenvalue weighted by atomic mass is 10.1. The van der Waals surface area contributed by atoms with E-state index in [9.17, 15) is 14.9 Å². The predicted molar refractivity (Wildman–Crippen MR) is 68.3 cm³/mol. The van der Waals surface area contributed by atoms with E-state index in [0.717, 1.165) is 0 Å². The van der Waals surface area contributed by atoms with Gasteiger partial charge in [-0.25, -0.2) is 5.84 Å². The van der Waals surface area contributed by atoms with E-state index in [4.69, 9.17) is 5.84 Å². The van der Waals surface area contributed by atoms with Crippen LogP contribution >= 0.6 is 0 Å². The highest BCUT2D eigenvalue weighted by Crippen LogP contribution is 2.29. The highest BCUT2D eigenvalue weighted by molar-refractivity contribution is 5.95. The molecule has 0 fully saturated rings. The topological polar surface area (TPSA) is 102 Å². The third-order valence-electron chi connectivity index (χ3n) is 2.67. The monoisotopic (exact) mass is 252 g/mol. The third kappa shape index (κ3) is 2.75. The van der Waals surface area contributed by atoms with Crippen LogP contribution in [0.3, 0.4) is 0 Å². The lowest BCUT2D eigenvalue weighted by Gasteiger charge is -2.20. The van der Waals surface area contributed by atoms with Crippen molar-refractivity contribution in [1.29, 1.82) is 0 Å². The smallest absolute Gasteiger partial charge is 0.293 e. The molecule has 18 heavy (non-hydrogen) atoms. The molecule has 0 spiro atoms. The molecule has 0 atom stereocenters. The number of carbonyl (C=O) groups is 1. The highest BCUT2D eigenvalue weighted by atomic mass is 16.6. The molecule has 98 valence electrons. The van der Waals surface area contributed by atoms with Crippen molar-refractivity contribution in [3.05, 3.63) is 33.9 Å². The fraction of sp³-hybridized carbons (Fsp3) is 0.364. The van der Waals surface area contributed by atoms with Gasteiger partial charge in [-0.2, -0.15) is 0 Å². The largest absolute Gasteiger partial charge is 0.367 e. The van der Waals surface area contributed by atoms with Gasteiger partial charge in [0.25, 0.3) is 11.6 Å². The predicted octanol–water partition coefficient (Wildman–Crippen LogP) is 1.04. The molecule has 0 aliphatic rings. The minimum Gasteiger partial charge on any atom is -0.367 e. The molecule has 0 bridgehead atoms. The summed E-state index contributed by atoms with van der Waals surface area (Å²) in [5, 5.41) is 11.0. The molecule has 1 amide bonds. The van der Waals surface area contributed by atoms with Gasteiger partial charge >= 0.3 is 0 Å². The fourth-order valence-corrected chi connectivity index (χ4v) is 1.73. The van der Waals surface area contributed by atoms with Crippen LogP contribution in [-0.4, -0.2) is 23.9 Å². The molecule has 0 unspecified atom stereocenters. The van der Waals surface area contributed by atoms with Crippen LogP contribution < -0.4 is 16.2 Å². The first-order chi connectivity index (χ1) is 8.54. The fourth-order valence-electron chi connectivity index (χ4n) is 1.73. The number of hydrogen-bond acceptors (Lipinski definition) is 5. The summed E-state index contributed by atoms with van der Waals surface area (Å²) in [5.74, 6) is 4.45. The molecule has 0 aliphatic carbocycles. The number of benzene rings is 1. The van der Waals surface area contributed by atoms with Crippen LogP contribution in [0.5, 0.6) is 0 Å². The van der Waals surface area contributed by atoms with E-state index in [-0.39, 0.29) is 11.3 Å². The molecule has 0 heterocycles. The Morgan fingerprint density at radius 1 is 1.44 bits per heavy atom. The van der Waals surface area contributed by atoms with Gasteiger partial charge in [0.15, 0.2) is 0 Å². The summed E-state index contributed by atoms with van der Waals surface area (Å²) in [6.07, 6.45) is 0. The summed E-state index contributed by atoms with van der Waals surface area (Å²) >= 11 is 0. The molecule has 1 aromatic rings. The molecular weight excluding hydrogens is 236 g/mol. The summed E-state index contributed by atoms with van der Waals surface area (Å²) in [6, 6.07) is 4.31. The number of nitrogen functional groups attached to an aromatic ring is 1. The number of nitrogens with two attached hydrogens (primary N) is 1. The van der Waals surface area contributed by atoms with Gasteiger partial charge in [0, 0.05) is 24.7 Å². The molecule has 3 N–H and O–H groups in total. The third-order valence-corrected chi connectivity index (χ3v) is 2.67. The molecule has 0 radical (unpaired) electrons. The first-order valence-electron chi connectivity index (χ1n) is 5.59. The number of nitrogens with zero attached hydrogens (tertiary/aromatic N) is 2. The Morgan fingerprint density at radius 3 is 2.50 bits per heavy atom. The van der Waals surface area contributed by atoms with Crippen molar-refractivity contribution in [2.24, 2.45) is 5.84 Å². The highest BCUT2D eigenvalue weighted by Gasteiger charge is 2.20. The number of nitro groups is 1. The van der Waals surface area contributed by atoms with Gasteiger partial charge < -0.3 is 4.90 Å². The first kappa shape index (κ1) is 13.9. The number of nitro benzene ring substituents is 1. The van der Waals surface area contributed by atoms with Crippen LogP contribution in [0.15, 0.2) is 18.2 Å². The zero-order chi connectivity index (χ0) is 13.7. The Labute approximate surface area is 105 Å². The maximum atomic E-state index is 11.3. The molecule has 7 heteroatoms. The molecule has 1 rings (SSSR count). The second-order valence-corrected chi connectivity index (χ2v) is 3.61. The lowest BCUT2D eigenvalue weighted by Crippen LogP contribution is -2.30. The number of hydrazine groups is 1. The summed E-state index contributed by atoms with van der Waals surface area (Å²) in [7, 11) is 0. The van der Waals surface area contributed by atoms with E-state index in [1.54, 1.807) is 6.07 Å². The van der Waals surface area contributed by atoms with Gasteiger partial charge in [-0.15, -0.1) is 0 Å². The Morgan fingerprint density at radius 2 is 2.06 bits per heavy atom. The molecule has 1 aromatic carbocycles. The maximum absolute atomic E-state index is 11.3. The van der Waals surface area contributed by atoms with E-state index in [0.29, 0.717) is 18.8 Å². The Kier molecular flexibility index (Phi) is 4.61. The molecule has 0 aromatic heterocycles. The van der Waals surface area contributed by atoms with E-state index in [1.807, 2.05) is 24.2 Å². The van der Waals surface area contributed by atoms with Crippen molar-refractivity contribution in [3.8, 4) is 0 Å². The summed E-state index contributed by atoms with van der Waals surface area (Å²) in [4.78, 5) is 23.7. The average molecular weight is 252 g/mol. The molecule has 0 saturated heterocycles. The standard InChI is InChI=1S/C11H16N4O3/c1-3-14(4-2)9-6-5-8(11(16)13-12)7-10(9)15(17)18/h5-7H,3-4,12H2,1-2H3,(H,13,16).